The third-order valence-corrected chi connectivity index (χ3v) is 6.47. The van der Waals surface area contributed by atoms with Crippen LogP contribution in [0.3, 0.4) is 0 Å². The maximum absolute atomic E-state index is 11.4. The normalized spacial score (nSPS) is 28.9. The van der Waals surface area contributed by atoms with Crippen LogP contribution >= 0.6 is 23.5 Å². The fourth-order valence-electron chi connectivity index (χ4n) is 1.43. The van der Waals surface area contributed by atoms with Gasteiger partial charge in [-0.3, -0.25) is 9.59 Å². The number of carbonyl (C=O) groups is 2. The Balaban J connectivity index is 2.74. The second kappa shape index (κ2) is 4.88. The number of rotatable bonds is 2. The van der Waals surface area contributed by atoms with E-state index < -0.39 is 9.84 Å². The molecule has 1 aliphatic heterocycles. The summed E-state index contributed by atoms with van der Waals surface area (Å²) in [5.74, 6) is 0.00435. The number of hydrogen-bond acceptors (Lipinski definition) is 6. The summed E-state index contributed by atoms with van der Waals surface area (Å²) in [6, 6.07) is 0. The molecule has 4 nitrogen and oxygen atoms in total. The Morgan fingerprint density at radius 1 is 1.00 bits per heavy atom. The Kier molecular flexibility index (Phi) is 4.25. The third-order valence-electron chi connectivity index (χ3n) is 1.89. The Labute approximate surface area is 97.5 Å². The smallest absolute Gasteiger partial charge is 0.186 e. The first-order valence-corrected chi connectivity index (χ1v) is 7.93. The fraction of sp³-hybridized carbons (Fsp3) is 0.750. The fourth-order valence-corrected chi connectivity index (χ4v) is 6.75. The van der Waals surface area contributed by atoms with Crippen molar-refractivity contribution in [2.45, 2.75) is 24.3 Å². The monoisotopic (exact) mass is 268 g/mol. The van der Waals surface area contributed by atoms with Crippen molar-refractivity contribution in [1.29, 1.82) is 0 Å². The molecule has 0 aliphatic carbocycles. The minimum atomic E-state index is -3.08. The van der Waals surface area contributed by atoms with Gasteiger partial charge in [0, 0.05) is 24.3 Å². The highest BCUT2D eigenvalue weighted by molar-refractivity contribution is 8.18. The van der Waals surface area contributed by atoms with Gasteiger partial charge < -0.3 is 0 Å². The van der Waals surface area contributed by atoms with E-state index in [4.69, 9.17) is 0 Å². The number of sulfone groups is 1. The van der Waals surface area contributed by atoms with E-state index in [0.29, 0.717) is 0 Å². The first-order chi connectivity index (χ1) is 6.80. The predicted octanol–water partition coefficient (Wildman–Crippen LogP) is 0.711. The summed E-state index contributed by atoms with van der Waals surface area (Å²) in [5.41, 5.74) is 0. The molecule has 0 bridgehead atoms. The van der Waals surface area contributed by atoms with E-state index in [9.17, 15) is 18.0 Å². The summed E-state index contributed by atoms with van der Waals surface area (Å²) in [4.78, 5) is 21.8. The Morgan fingerprint density at radius 3 is 1.60 bits per heavy atom. The zero-order valence-electron chi connectivity index (χ0n) is 8.43. The zero-order valence-corrected chi connectivity index (χ0v) is 10.9. The maximum atomic E-state index is 11.4. The molecule has 0 saturated carbocycles. The predicted molar refractivity (Wildman–Crippen MR) is 62.8 cm³/mol. The van der Waals surface area contributed by atoms with E-state index in [2.05, 4.69) is 0 Å². The Hall–Kier alpha value is -0.0100. The van der Waals surface area contributed by atoms with Gasteiger partial charge in [0.15, 0.2) is 20.1 Å². The molecule has 86 valence electrons. The highest BCUT2D eigenvalue weighted by Gasteiger charge is 2.39. The zero-order chi connectivity index (χ0) is 11.6. The molecule has 0 aromatic heterocycles. The molecular weight excluding hydrogens is 256 g/mol. The molecule has 0 spiro atoms. The maximum Gasteiger partial charge on any atom is 0.186 e. The molecule has 1 saturated heterocycles. The van der Waals surface area contributed by atoms with E-state index in [0.717, 1.165) is 23.5 Å². The van der Waals surface area contributed by atoms with Crippen molar-refractivity contribution in [3.63, 3.8) is 0 Å². The van der Waals surface area contributed by atoms with Crippen LogP contribution in [-0.4, -0.2) is 40.7 Å². The average Bonchev–Trinajstić information content (AvgIpc) is 2.22. The van der Waals surface area contributed by atoms with Crippen LogP contribution in [0.15, 0.2) is 0 Å². The topological polar surface area (TPSA) is 68.3 Å². The molecular formula is C8H12O4S3. The van der Waals surface area contributed by atoms with Crippen LogP contribution < -0.4 is 0 Å². The van der Waals surface area contributed by atoms with Crippen molar-refractivity contribution in [2.75, 3.05) is 11.5 Å². The van der Waals surface area contributed by atoms with Gasteiger partial charge in [0.25, 0.3) is 0 Å². The highest BCUT2D eigenvalue weighted by Crippen LogP contribution is 2.33. The lowest BCUT2D eigenvalue weighted by atomic mass is 10.4. The van der Waals surface area contributed by atoms with Gasteiger partial charge in [-0.1, -0.05) is 23.5 Å². The van der Waals surface area contributed by atoms with Gasteiger partial charge in [-0.05, 0) is 0 Å². The van der Waals surface area contributed by atoms with Crippen molar-refractivity contribution >= 4 is 43.6 Å². The van der Waals surface area contributed by atoms with E-state index in [1.54, 1.807) is 0 Å². The van der Waals surface area contributed by atoms with E-state index in [1.165, 1.54) is 13.8 Å². The lowest BCUT2D eigenvalue weighted by molar-refractivity contribution is -0.110. The van der Waals surface area contributed by atoms with E-state index >= 15 is 0 Å². The summed E-state index contributed by atoms with van der Waals surface area (Å²) in [5, 5.41) is -0.764. The second-order valence-corrected chi connectivity index (χ2v) is 8.36. The molecule has 0 unspecified atom stereocenters. The standard InChI is InChI=1S/C8H12O4S3/c1-5(9)13-7-3-15(11,12)4-8(7)14-6(2)10/h7-8H,3-4H2,1-2H3/t7-,8-/m0/s1. The Bertz CT molecular complexity index is 343. The van der Waals surface area contributed by atoms with Gasteiger partial charge in [0.05, 0.1) is 11.5 Å². The number of carbonyl (C=O) groups excluding carboxylic acids is 2. The van der Waals surface area contributed by atoms with Crippen LogP contribution in [0.25, 0.3) is 0 Å². The van der Waals surface area contributed by atoms with Crippen LogP contribution in [0.2, 0.25) is 0 Å². The van der Waals surface area contributed by atoms with Gasteiger partial charge in [0.2, 0.25) is 0 Å². The van der Waals surface area contributed by atoms with Crippen molar-refractivity contribution in [3.8, 4) is 0 Å². The minimum Gasteiger partial charge on any atom is -0.288 e. The van der Waals surface area contributed by atoms with Crippen molar-refractivity contribution in [2.24, 2.45) is 0 Å². The summed E-state index contributed by atoms with van der Waals surface area (Å²) >= 11 is 2.05. The van der Waals surface area contributed by atoms with Crippen LogP contribution in [0.5, 0.6) is 0 Å². The summed E-state index contributed by atoms with van der Waals surface area (Å²) in [7, 11) is -3.08. The van der Waals surface area contributed by atoms with Crippen molar-refractivity contribution in [3.05, 3.63) is 0 Å². The van der Waals surface area contributed by atoms with Crippen LogP contribution in [0.1, 0.15) is 13.8 Å². The van der Waals surface area contributed by atoms with Crippen molar-refractivity contribution in [1.82, 2.24) is 0 Å². The summed E-state index contributed by atoms with van der Waals surface area (Å²) in [6.07, 6.45) is 0. The highest BCUT2D eigenvalue weighted by atomic mass is 32.2. The molecule has 0 amide bonds. The second-order valence-electron chi connectivity index (χ2n) is 3.37. The molecule has 1 fully saturated rings. The molecule has 7 heteroatoms. The molecule has 15 heavy (non-hydrogen) atoms. The average molecular weight is 268 g/mol. The van der Waals surface area contributed by atoms with Gasteiger partial charge in [-0.2, -0.15) is 0 Å². The minimum absolute atomic E-state index is 0.00218. The van der Waals surface area contributed by atoms with Crippen LogP contribution in [-0.2, 0) is 19.4 Å². The molecule has 2 atom stereocenters. The lowest BCUT2D eigenvalue weighted by Gasteiger charge is -2.13. The quantitative estimate of drug-likeness (QED) is 0.735. The van der Waals surface area contributed by atoms with E-state index in [1.807, 2.05) is 0 Å². The van der Waals surface area contributed by atoms with Gasteiger partial charge in [-0.15, -0.1) is 0 Å². The summed E-state index contributed by atoms with van der Waals surface area (Å²) in [6.45, 7) is 2.82. The largest absolute Gasteiger partial charge is 0.288 e. The SMILES string of the molecule is CC(=O)S[C@H]1CS(=O)(=O)C[C@@H]1SC(C)=O. The van der Waals surface area contributed by atoms with Crippen LogP contribution in [0, 0.1) is 0 Å². The summed E-state index contributed by atoms with van der Waals surface area (Å²) < 4.78 is 22.7. The van der Waals surface area contributed by atoms with Crippen LogP contribution in [0.4, 0.5) is 0 Å². The number of thioether (sulfide) groups is 2. The first-order valence-electron chi connectivity index (χ1n) is 4.35. The van der Waals surface area contributed by atoms with Gasteiger partial charge in [0.1, 0.15) is 0 Å². The van der Waals surface area contributed by atoms with E-state index in [-0.39, 0.29) is 32.2 Å². The molecule has 1 heterocycles. The van der Waals surface area contributed by atoms with Crippen molar-refractivity contribution < 1.29 is 18.0 Å². The van der Waals surface area contributed by atoms with Gasteiger partial charge in [-0.25, -0.2) is 8.42 Å². The molecule has 0 N–H and O–H groups in total. The molecule has 1 aliphatic rings. The first kappa shape index (κ1) is 13.1. The lowest BCUT2D eigenvalue weighted by Crippen LogP contribution is -2.20. The third kappa shape index (κ3) is 4.16. The molecule has 0 radical (unpaired) electrons. The molecule has 1 rings (SSSR count). The number of hydrogen-bond donors (Lipinski definition) is 0. The molecule has 0 aromatic rings. The molecule has 0 aromatic carbocycles. The van der Waals surface area contributed by atoms with Gasteiger partial charge >= 0.3 is 0 Å². The Morgan fingerprint density at radius 2 is 1.33 bits per heavy atom.